The van der Waals surface area contributed by atoms with Gasteiger partial charge in [0.05, 0.1) is 5.60 Å². The third-order valence-corrected chi connectivity index (χ3v) is 6.11. The first-order valence-electron chi connectivity index (χ1n) is 12.9. The predicted octanol–water partition coefficient (Wildman–Crippen LogP) is 9.62. The van der Waals surface area contributed by atoms with Gasteiger partial charge in [-0.15, -0.1) is 0 Å². The van der Waals surface area contributed by atoms with Crippen LogP contribution in [0.3, 0.4) is 0 Å². The minimum absolute atomic E-state index is 0.193. The van der Waals surface area contributed by atoms with Crippen LogP contribution in [0.5, 0.6) is 0 Å². The Labute approximate surface area is 173 Å². The van der Waals surface area contributed by atoms with Crippen LogP contribution in [0.15, 0.2) is 0 Å². The number of hydrogen-bond acceptors (Lipinski definition) is 1. The summed E-state index contributed by atoms with van der Waals surface area (Å²) in [5.41, 5.74) is 0.193. The molecule has 0 bridgehead atoms. The second kappa shape index (κ2) is 20.7. The third kappa shape index (κ3) is 16.6. The molecule has 0 amide bonds. The monoisotopic (exact) mass is 382 g/mol. The molecule has 0 aliphatic heterocycles. The molecule has 0 aromatic carbocycles. The van der Waals surface area contributed by atoms with Crippen molar-refractivity contribution in [2.75, 3.05) is 6.61 Å². The fourth-order valence-electron chi connectivity index (χ4n) is 4.16. The molecule has 164 valence electrons. The average Bonchev–Trinajstić information content (AvgIpc) is 2.69. The SMILES string of the molecule is CCCCCCCCCOC(CCCC)(CCCC)CCCCCCCC. The van der Waals surface area contributed by atoms with Gasteiger partial charge in [0.1, 0.15) is 0 Å². The molecule has 0 saturated carbocycles. The van der Waals surface area contributed by atoms with E-state index < -0.39 is 0 Å². The second-order valence-electron chi connectivity index (χ2n) is 8.88. The highest BCUT2D eigenvalue weighted by Gasteiger charge is 2.29. The van der Waals surface area contributed by atoms with E-state index >= 15 is 0 Å². The fraction of sp³-hybridized carbons (Fsp3) is 1.00. The Bertz CT molecular complexity index is 265. The lowest BCUT2D eigenvalue weighted by molar-refractivity contribution is -0.0689. The molecule has 0 N–H and O–H groups in total. The van der Waals surface area contributed by atoms with Gasteiger partial charge in [0.25, 0.3) is 0 Å². The average molecular weight is 383 g/mol. The minimum Gasteiger partial charge on any atom is -0.375 e. The van der Waals surface area contributed by atoms with Crippen LogP contribution in [0.1, 0.15) is 156 Å². The highest BCUT2D eigenvalue weighted by atomic mass is 16.5. The molecule has 0 aromatic rings. The third-order valence-electron chi connectivity index (χ3n) is 6.11. The first-order valence-corrected chi connectivity index (χ1v) is 12.9. The standard InChI is InChI=1S/C26H54O/c1-5-9-13-15-17-19-21-25-27-26(22-11-7-3,23-12-8-4)24-20-18-16-14-10-6-2/h5-25H2,1-4H3. The van der Waals surface area contributed by atoms with E-state index in [9.17, 15) is 0 Å². The highest BCUT2D eigenvalue weighted by Crippen LogP contribution is 2.32. The van der Waals surface area contributed by atoms with Crippen molar-refractivity contribution < 1.29 is 4.74 Å². The van der Waals surface area contributed by atoms with Crippen LogP contribution in [-0.2, 0) is 4.74 Å². The van der Waals surface area contributed by atoms with Gasteiger partial charge in [-0.05, 0) is 25.7 Å². The van der Waals surface area contributed by atoms with Crippen LogP contribution < -0.4 is 0 Å². The van der Waals surface area contributed by atoms with Crippen LogP contribution in [0, 0.1) is 0 Å². The maximum Gasteiger partial charge on any atom is 0.0682 e. The van der Waals surface area contributed by atoms with Gasteiger partial charge in [-0.2, -0.15) is 0 Å². The van der Waals surface area contributed by atoms with E-state index in [1.807, 2.05) is 0 Å². The van der Waals surface area contributed by atoms with Gasteiger partial charge in [-0.25, -0.2) is 0 Å². The molecule has 0 heterocycles. The van der Waals surface area contributed by atoms with Crippen LogP contribution in [0.4, 0.5) is 0 Å². The Balaban J connectivity index is 4.28. The molecule has 0 saturated heterocycles. The van der Waals surface area contributed by atoms with E-state index in [1.54, 1.807) is 0 Å². The van der Waals surface area contributed by atoms with Gasteiger partial charge in [0.15, 0.2) is 0 Å². The zero-order valence-corrected chi connectivity index (χ0v) is 19.8. The zero-order valence-electron chi connectivity index (χ0n) is 19.8. The molecule has 0 radical (unpaired) electrons. The number of unbranched alkanes of at least 4 members (excludes halogenated alkanes) is 13. The van der Waals surface area contributed by atoms with Gasteiger partial charge in [-0.3, -0.25) is 0 Å². The van der Waals surface area contributed by atoms with Crippen molar-refractivity contribution in [3.05, 3.63) is 0 Å². The van der Waals surface area contributed by atoms with Crippen molar-refractivity contribution in [2.45, 2.75) is 162 Å². The fourth-order valence-corrected chi connectivity index (χ4v) is 4.16. The van der Waals surface area contributed by atoms with Crippen molar-refractivity contribution in [1.82, 2.24) is 0 Å². The smallest absolute Gasteiger partial charge is 0.0682 e. The van der Waals surface area contributed by atoms with E-state index in [2.05, 4.69) is 27.7 Å². The van der Waals surface area contributed by atoms with Crippen molar-refractivity contribution >= 4 is 0 Å². The summed E-state index contributed by atoms with van der Waals surface area (Å²) in [6, 6.07) is 0. The summed E-state index contributed by atoms with van der Waals surface area (Å²) in [6.45, 7) is 10.2. The Hall–Kier alpha value is -0.0400. The quantitative estimate of drug-likeness (QED) is 0.169. The summed E-state index contributed by atoms with van der Waals surface area (Å²) in [6.07, 6.45) is 27.1. The van der Waals surface area contributed by atoms with Gasteiger partial charge in [0.2, 0.25) is 0 Å². The first kappa shape index (κ1) is 27.0. The Morgan fingerprint density at radius 2 is 0.778 bits per heavy atom. The lowest BCUT2D eigenvalue weighted by Crippen LogP contribution is -2.33. The molecule has 1 heteroatoms. The van der Waals surface area contributed by atoms with Crippen LogP contribution in [0.2, 0.25) is 0 Å². The number of ether oxygens (including phenoxy) is 1. The predicted molar refractivity (Wildman–Crippen MR) is 124 cm³/mol. The van der Waals surface area contributed by atoms with Crippen molar-refractivity contribution in [1.29, 1.82) is 0 Å². The van der Waals surface area contributed by atoms with Gasteiger partial charge < -0.3 is 4.74 Å². The molecule has 0 unspecified atom stereocenters. The number of rotatable bonds is 22. The number of hydrogen-bond donors (Lipinski definition) is 0. The van der Waals surface area contributed by atoms with Crippen LogP contribution >= 0.6 is 0 Å². The highest BCUT2D eigenvalue weighted by molar-refractivity contribution is 4.81. The Morgan fingerprint density at radius 1 is 0.407 bits per heavy atom. The molecule has 0 atom stereocenters. The maximum atomic E-state index is 6.69. The van der Waals surface area contributed by atoms with Crippen molar-refractivity contribution in [2.24, 2.45) is 0 Å². The molecule has 1 nitrogen and oxygen atoms in total. The summed E-state index contributed by atoms with van der Waals surface area (Å²) >= 11 is 0. The molecule has 0 spiro atoms. The van der Waals surface area contributed by atoms with E-state index in [0.717, 1.165) is 6.61 Å². The van der Waals surface area contributed by atoms with Gasteiger partial charge in [0, 0.05) is 6.61 Å². The molecule has 0 aromatic heterocycles. The van der Waals surface area contributed by atoms with Crippen LogP contribution in [0.25, 0.3) is 0 Å². The van der Waals surface area contributed by atoms with Gasteiger partial charge in [-0.1, -0.05) is 130 Å². The van der Waals surface area contributed by atoms with Crippen molar-refractivity contribution in [3.63, 3.8) is 0 Å². The summed E-state index contributed by atoms with van der Waals surface area (Å²) in [7, 11) is 0. The summed E-state index contributed by atoms with van der Waals surface area (Å²) in [5, 5.41) is 0. The minimum atomic E-state index is 0.193. The van der Waals surface area contributed by atoms with E-state index in [4.69, 9.17) is 4.74 Å². The topological polar surface area (TPSA) is 9.23 Å². The van der Waals surface area contributed by atoms with Crippen LogP contribution in [-0.4, -0.2) is 12.2 Å². The summed E-state index contributed by atoms with van der Waals surface area (Å²) in [5.74, 6) is 0. The molecule has 0 aliphatic rings. The lowest BCUT2D eigenvalue weighted by atomic mass is 9.85. The molecule has 0 rings (SSSR count). The summed E-state index contributed by atoms with van der Waals surface area (Å²) < 4.78 is 6.69. The normalized spacial score (nSPS) is 12.0. The Morgan fingerprint density at radius 3 is 1.26 bits per heavy atom. The second-order valence-corrected chi connectivity index (χ2v) is 8.88. The van der Waals surface area contributed by atoms with Gasteiger partial charge >= 0.3 is 0 Å². The maximum absolute atomic E-state index is 6.69. The lowest BCUT2D eigenvalue weighted by Gasteiger charge is -2.35. The zero-order chi connectivity index (χ0) is 20.1. The van der Waals surface area contributed by atoms with E-state index in [-0.39, 0.29) is 5.60 Å². The molecular weight excluding hydrogens is 328 g/mol. The molecular formula is C26H54O. The van der Waals surface area contributed by atoms with E-state index in [0.29, 0.717) is 0 Å². The van der Waals surface area contributed by atoms with E-state index in [1.165, 1.54) is 128 Å². The Kier molecular flexibility index (Phi) is 20.7. The molecule has 0 aliphatic carbocycles. The van der Waals surface area contributed by atoms with Crippen molar-refractivity contribution in [3.8, 4) is 0 Å². The summed E-state index contributed by atoms with van der Waals surface area (Å²) in [4.78, 5) is 0. The molecule has 27 heavy (non-hydrogen) atoms. The first-order chi connectivity index (χ1) is 13.2. The molecule has 0 fully saturated rings. The largest absolute Gasteiger partial charge is 0.375 e.